The maximum Gasteiger partial charge on any atom is 0.334 e. The number of carbonyl (C=O) groups excluding carboxylic acids is 1. The molecule has 1 amide bonds. The molecule has 0 radical (unpaired) electrons. The smallest absolute Gasteiger partial charge is 0.334 e. The summed E-state index contributed by atoms with van der Waals surface area (Å²) in [5.74, 6) is -2.30. The summed E-state index contributed by atoms with van der Waals surface area (Å²) in [4.78, 5) is 50.0. The lowest BCUT2D eigenvalue weighted by molar-refractivity contribution is -0.135. The second-order valence-corrected chi connectivity index (χ2v) is 7.83. The molecular formula is C22H27N3O8. The van der Waals surface area contributed by atoms with E-state index in [0.29, 0.717) is 29.9 Å². The number of aromatic nitrogens is 2. The number of hydrogen-bond acceptors (Lipinski definition) is 7. The van der Waals surface area contributed by atoms with E-state index < -0.39 is 47.2 Å². The fraction of sp³-hybridized carbons (Fsp3) is 0.455. The number of nitrogens with zero attached hydrogens (tertiary/aromatic N) is 2. The molecule has 1 fully saturated rings. The van der Waals surface area contributed by atoms with Gasteiger partial charge in [-0.3, -0.25) is 23.5 Å². The van der Waals surface area contributed by atoms with Crippen molar-refractivity contribution in [3.63, 3.8) is 0 Å². The van der Waals surface area contributed by atoms with Crippen molar-refractivity contribution in [2.45, 2.75) is 44.7 Å². The van der Waals surface area contributed by atoms with Crippen molar-refractivity contribution in [2.24, 2.45) is 0 Å². The van der Waals surface area contributed by atoms with Crippen LogP contribution in [0.5, 0.6) is 17.4 Å². The molecule has 3 N–H and O–H groups in total. The Kier molecular flexibility index (Phi) is 7.41. The molecule has 1 saturated carbocycles. The number of rotatable bonds is 8. The Morgan fingerprint density at radius 3 is 2.21 bits per heavy atom. The standard InChI is InChI=1S/C22H27N3O8/c1-32-15-8-13(9-16(10-15)33-2)12-24-20(29)18(19(28)23-11-17(26)27)21(30)25(22(24)31)14-6-4-3-5-7-14/h8-10,14,29H,3-7,11-12H2,1-2H3,(H,23,28)(H,26,27). The summed E-state index contributed by atoms with van der Waals surface area (Å²) >= 11 is 0. The normalized spacial score (nSPS) is 14.0. The molecular weight excluding hydrogens is 434 g/mol. The van der Waals surface area contributed by atoms with Gasteiger partial charge in [-0.1, -0.05) is 19.3 Å². The minimum absolute atomic E-state index is 0.176. The molecule has 1 aromatic heterocycles. The topological polar surface area (TPSA) is 149 Å². The molecule has 0 bridgehead atoms. The SMILES string of the molecule is COc1cc(Cn2c(O)c(C(=O)NCC(=O)O)c(=O)n(C3CCCCC3)c2=O)cc(OC)c1. The van der Waals surface area contributed by atoms with Crippen molar-refractivity contribution in [1.82, 2.24) is 14.5 Å². The van der Waals surface area contributed by atoms with E-state index in [1.807, 2.05) is 0 Å². The van der Waals surface area contributed by atoms with Crippen molar-refractivity contribution in [1.29, 1.82) is 0 Å². The van der Waals surface area contributed by atoms with Crippen LogP contribution in [0.3, 0.4) is 0 Å². The van der Waals surface area contributed by atoms with Crippen LogP contribution in [0, 0.1) is 0 Å². The minimum atomic E-state index is -1.31. The number of carbonyl (C=O) groups is 2. The molecule has 1 aliphatic rings. The number of carboxylic acids is 1. The summed E-state index contributed by atoms with van der Waals surface area (Å²) in [6.07, 6.45) is 3.80. The highest BCUT2D eigenvalue weighted by atomic mass is 16.5. The number of amides is 1. The molecule has 0 unspecified atom stereocenters. The van der Waals surface area contributed by atoms with E-state index in [1.54, 1.807) is 18.2 Å². The summed E-state index contributed by atoms with van der Waals surface area (Å²) in [6.45, 7) is -0.919. The van der Waals surface area contributed by atoms with E-state index in [0.717, 1.165) is 28.4 Å². The maximum atomic E-state index is 13.3. The van der Waals surface area contributed by atoms with Crippen LogP contribution >= 0.6 is 0 Å². The average molecular weight is 461 g/mol. The molecule has 0 saturated heterocycles. The van der Waals surface area contributed by atoms with Crippen molar-refractivity contribution in [2.75, 3.05) is 20.8 Å². The fourth-order valence-electron chi connectivity index (χ4n) is 4.05. The van der Waals surface area contributed by atoms with Gasteiger partial charge in [0.15, 0.2) is 5.56 Å². The van der Waals surface area contributed by atoms with E-state index in [-0.39, 0.29) is 6.54 Å². The van der Waals surface area contributed by atoms with Crippen LogP contribution in [-0.2, 0) is 11.3 Å². The zero-order chi connectivity index (χ0) is 24.1. The Hall–Kier alpha value is -3.76. The molecule has 0 atom stereocenters. The predicted molar refractivity (Wildman–Crippen MR) is 117 cm³/mol. The zero-order valence-electron chi connectivity index (χ0n) is 18.5. The first-order valence-electron chi connectivity index (χ1n) is 10.6. The Morgan fingerprint density at radius 1 is 1.06 bits per heavy atom. The second-order valence-electron chi connectivity index (χ2n) is 7.83. The fourth-order valence-corrected chi connectivity index (χ4v) is 4.05. The molecule has 33 heavy (non-hydrogen) atoms. The molecule has 178 valence electrons. The van der Waals surface area contributed by atoms with Crippen molar-refractivity contribution >= 4 is 11.9 Å². The quantitative estimate of drug-likeness (QED) is 0.529. The van der Waals surface area contributed by atoms with Gasteiger partial charge in [0.2, 0.25) is 5.88 Å². The van der Waals surface area contributed by atoms with Gasteiger partial charge in [-0.2, -0.15) is 0 Å². The highest BCUT2D eigenvalue weighted by Crippen LogP contribution is 2.27. The molecule has 2 aromatic rings. The Bertz CT molecular complexity index is 1140. The molecule has 11 heteroatoms. The number of nitrogens with one attached hydrogen (secondary N) is 1. The maximum absolute atomic E-state index is 13.3. The molecule has 1 aromatic carbocycles. The van der Waals surface area contributed by atoms with E-state index in [2.05, 4.69) is 5.32 Å². The van der Waals surface area contributed by atoms with Crippen molar-refractivity contribution in [3.8, 4) is 17.4 Å². The van der Waals surface area contributed by atoms with Crippen LogP contribution in [0.25, 0.3) is 0 Å². The Labute approximate surface area is 189 Å². The summed E-state index contributed by atoms with van der Waals surface area (Å²) in [5.41, 5.74) is -1.83. The van der Waals surface area contributed by atoms with Gasteiger partial charge in [0, 0.05) is 12.1 Å². The number of aliphatic carboxylic acids is 1. The van der Waals surface area contributed by atoms with Crippen LogP contribution in [0.2, 0.25) is 0 Å². The lowest BCUT2D eigenvalue weighted by atomic mass is 9.95. The Morgan fingerprint density at radius 2 is 1.67 bits per heavy atom. The molecule has 0 spiro atoms. The minimum Gasteiger partial charge on any atom is -0.497 e. The van der Waals surface area contributed by atoms with Crippen LogP contribution < -0.4 is 26.0 Å². The molecule has 0 aliphatic heterocycles. The van der Waals surface area contributed by atoms with Gasteiger partial charge in [-0.15, -0.1) is 0 Å². The van der Waals surface area contributed by atoms with Crippen LogP contribution in [0.1, 0.15) is 54.1 Å². The number of ether oxygens (including phenoxy) is 2. The van der Waals surface area contributed by atoms with Crippen LogP contribution in [-0.4, -0.2) is 52.0 Å². The molecule has 11 nitrogen and oxygen atoms in total. The third kappa shape index (κ3) is 5.18. The second kappa shape index (κ2) is 10.2. The Balaban J connectivity index is 2.17. The summed E-state index contributed by atoms with van der Waals surface area (Å²) in [7, 11) is 2.94. The highest BCUT2D eigenvalue weighted by Gasteiger charge is 2.28. The van der Waals surface area contributed by atoms with Crippen molar-refractivity contribution in [3.05, 3.63) is 50.2 Å². The van der Waals surface area contributed by atoms with Crippen LogP contribution in [0.15, 0.2) is 27.8 Å². The third-order valence-corrected chi connectivity index (χ3v) is 5.67. The molecule has 1 heterocycles. The summed E-state index contributed by atoms with van der Waals surface area (Å²) < 4.78 is 12.4. The molecule has 1 aliphatic carbocycles. The van der Waals surface area contributed by atoms with Gasteiger partial charge in [-0.25, -0.2) is 4.79 Å². The largest absolute Gasteiger partial charge is 0.497 e. The number of carboxylic acid groups (broad SMARTS) is 1. The highest BCUT2D eigenvalue weighted by molar-refractivity contribution is 5.97. The number of methoxy groups -OCH3 is 2. The van der Waals surface area contributed by atoms with Gasteiger partial charge in [0.1, 0.15) is 18.0 Å². The van der Waals surface area contributed by atoms with Crippen molar-refractivity contribution < 1.29 is 29.3 Å². The zero-order valence-corrected chi connectivity index (χ0v) is 18.5. The lowest BCUT2D eigenvalue weighted by Gasteiger charge is -2.25. The van der Waals surface area contributed by atoms with Gasteiger partial charge >= 0.3 is 11.7 Å². The monoisotopic (exact) mass is 461 g/mol. The average Bonchev–Trinajstić information content (AvgIpc) is 2.81. The van der Waals surface area contributed by atoms with Crippen LogP contribution in [0.4, 0.5) is 0 Å². The number of hydrogen-bond donors (Lipinski definition) is 3. The first kappa shape index (κ1) is 23.9. The first-order valence-corrected chi connectivity index (χ1v) is 10.6. The number of benzene rings is 1. The van der Waals surface area contributed by atoms with E-state index >= 15 is 0 Å². The summed E-state index contributed by atoms with van der Waals surface area (Å²) in [5, 5.41) is 21.8. The summed E-state index contributed by atoms with van der Waals surface area (Å²) in [6, 6.07) is 4.49. The van der Waals surface area contributed by atoms with Gasteiger partial charge < -0.3 is 25.0 Å². The van der Waals surface area contributed by atoms with Gasteiger partial charge in [0.25, 0.3) is 11.5 Å². The third-order valence-electron chi connectivity index (χ3n) is 5.67. The lowest BCUT2D eigenvalue weighted by Crippen LogP contribution is -2.47. The molecule has 3 rings (SSSR count). The van der Waals surface area contributed by atoms with E-state index in [4.69, 9.17) is 14.6 Å². The van der Waals surface area contributed by atoms with Gasteiger partial charge in [0.05, 0.1) is 20.8 Å². The predicted octanol–water partition coefficient (Wildman–Crippen LogP) is 1.10. The van der Waals surface area contributed by atoms with Gasteiger partial charge in [-0.05, 0) is 30.5 Å². The van der Waals surface area contributed by atoms with E-state index in [9.17, 15) is 24.3 Å². The number of aromatic hydroxyl groups is 1. The first-order chi connectivity index (χ1) is 15.8. The van der Waals surface area contributed by atoms with E-state index in [1.165, 1.54) is 14.2 Å².